The summed E-state index contributed by atoms with van der Waals surface area (Å²) in [6.45, 7) is 4.17. The number of rotatable bonds is 4. The third-order valence-electron chi connectivity index (χ3n) is 3.57. The SMILES string of the molecule is CCNC(=O)c1cccc(N2CCCCC2)c1C(N)=O.Cl. The summed E-state index contributed by atoms with van der Waals surface area (Å²) in [5.74, 6) is -0.799. The van der Waals surface area contributed by atoms with E-state index in [1.807, 2.05) is 13.0 Å². The highest BCUT2D eigenvalue weighted by atomic mass is 35.5. The van der Waals surface area contributed by atoms with Crippen molar-refractivity contribution in [1.82, 2.24) is 5.32 Å². The standard InChI is InChI=1S/C15H21N3O2.ClH/c1-2-17-15(20)11-7-6-8-12(13(11)14(16)19)18-9-4-3-5-10-18;/h6-8H,2-5,9-10H2,1H3,(H2,16,19)(H,17,20);1H. The molecule has 1 fully saturated rings. The number of amides is 2. The summed E-state index contributed by atoms with van der Waals surface area (Å²) >= 11 is 0. The van der Waals surface area contributed by atoms with Crippen molar-refractivity contribution in [3.05, 3.63) is 29.3 Å². The molecule has 2 rings (SSSR count). The van der Waals surface area contributed by atoms with Crippen LogP contribution in [0.1, 0.15) is 46.9 Å². The van der Waals surface area contributed by atoms with Crippen LogP contribution in [0, 0.1) is 0 Å². The van der Waals surface area contributed by atoms with Gasteiger partial charge in [-0.1, -0.05) is 6.07 Å². The molecule has 21 heavy (non-hydrogen) atoms. The van der Waals surface area contributed by atoms with Gasteiger partial charge in [0.2, 0.25) is 0 Å². The minimum atomic E-state index is -0.549. The minimum absolute atomic E-state index is 0. The number of nitrogens with one attached hydrogen (secondary N) is 1. The third kappa shape index (κ3) is 3.88. The quantitative estimate of drug-likeness (QED) is 0.892. The lowest BCUT2D eigenvalue weighted by molar-refractivity contribution is 0.0938. The molecule has 0 atom stereocenters. The van der Waals surface area contributed by atoms with Gasteiger partial charge in [0.1, 0.15) is 0 Å². The van der Waals surface area contributed by atoms with Crippen LogP contribution in [-0.2, 0) is 0 Å². The fourth-order valence-electron chi connectivity index (χ4n) is 2.64. The Kier molecular flexibility index (Phi) is 6.49. The highest BCUT2D eigenvalue weighted by molar-refractivity contribution is 6.10. The van der Waals surface area contributed by atoms with Crippen molar-refractivity contribution in [2.45, 2.75) is 26.2 Å². The molecule has 2 amide bonds. The lowest BCUT2D eigenvalue weighted by atomic mass is 10.0. The van der Waals surface area contributed by atoms with Gasteiger partial charge in [0.15, 0.2) is 0 Å². The van der Waals surface area contributed by atoms with Crippen molar-refractivity contribution < 1.29 is 9.59 Å². The first kappa shape index (κ1) is 17.3. The van der Waals surface area contributed by atoms with Crippen LogP contribution in [0.4, 0.5) is 5.69 Å². The van der Waals surface area contributed by atoms with Gasteiger partial charge in [-0.3, -0.25) is 9.59 Å². The van der Waals surface area contributed by atoms with Crippen LogP contribution in [0.2, 0.25) is 0 Å². The summed E-state index contributed by atoms with van der Waals surface area (Å²) in [6.07, 6.45) is 3.41. The molecule has 116 valence electrons. The Balaban J connectivity index is 0.00000220. The topological polar surface area (TPSA) is 75.4 Å². The minimum Gasteiger partial charge on any atom is -0.371 e. The van der Waals surface area contributed by atoms with Gasteiger partial charge in [0, 0.05) is 19.6 Å². The van der Waals surface area contributed by atoms with E-state index >= 15 is 0 Å². The Morgan fingerprint density at radius 3 is 2.48 bits per heavy atom. The number of hydrogen-bond donors (Lipinski definition) is 2. The lowest BCUT2D eigenvalue weighted by Crippen LogP contribution is -2.33. The fourth-order valence-corrected chi connectivity index (χ4v) is 2.64. The van der Waals surface area contributed by atoms with E-state index in [-0.39, 0.29) is 18.3 Å². The molecule has 0 bridgehead atoms. The molecule has 1 aliphatic rings. The van der Waals surface area contributed by atoms with E-state index < -0.39 is 5.91 Å². The number of nitrogens with zero attached hydrogens (tertiary/aromatic N) is 1. The summed E-state index contributed by atoms with van der Waals surface area (Å²) in [5.41, 5.74) is 6.99. The van der Waals surface area contributed by atoms with Crippen LogP contribution in [-0.4, -0.2) is 31.4 Å². The number of anilines is 1. The number of benzene rings is 1. The van der Waals surface area contributed by atoms with Crippen LogP contribution < -0.4 is 16.0 Å². The largest absolute Gasteiger partial charge is 0.371 e. The van der Waals surface area contributed by atoms with Crippen molar-refractivity contribution in [2.75, 3.05) is 24.5 Å². The Morgan fingerprint density at radius 2 is 1.90 bits per heavy atom. The Hall–Kier alpha value is -1.75. The molecule has 1 heterocycles. The van der Waals surface area contributed by atoms with E-state index in [9.17, 15) is 9.59 Å². The summed E-state index contributed by atoms with van der Waals surface area (Å²) in [6, 6.07) is 5.33. The second-order valence-electron chi connectivity index (χ2n) is 4.97. The van der Waals surface area contributed by atoms with Crippen LogP contribution in [0.5, 0.6) is 0 Å². The zero-order valence-electron chi connectivity index (χ0n) is 12.2. The number of carbonyl (C=O) groups excluding carboxylic acids is 2. The average molecular weight is 312 g/mol. The third-order valence-corrected chi connectivity index (χ3v) is 3.57. The van der Waals surface area contributed by atoms with Crippen LogP contribution in [0.25, 0.3) is 0 Å². The Labute approximate surface area is 131 Å². The van der Waals surface area contributed by atoms with Crippen molar-refractivity contribution in [3.63, 3.8) is 0 Å². The van der Waals surface area contributed by atoms with Gasteiger partial charge >= 0.3 is 0 Å². The monoisotopic (exact) mass is 311 g/mol. The first-order valence-corrected chi connectivity index (χ1v) is 7.11. The van der Waals surface area contributed by atoms with Crippen LogP contribution in [0.3, 0.4) is 0 Å². The van der Waals surface area contributed by atoms with E-state index in [1.54, 1.807) is 12.1 Å². The summed E-state index contributed by atoms with van der Waals surface area (Å²) in [4.78, 5) is 26.0. The number of nitrogens with two attached hydrogens (primary N) is 1. The number of primary amides is 1. The molecule has 0 aromatic heterocycles. The molecular weight excluding hydrogens is 290 g/mol. The van der Waals surface area contributed by atoms with E-state index in [2.05, 4.69) is 10.2 Å². The van der Waals surface area contributed by atoms with E-state index in [0.717, 1.165) is 31.6 Å². The highest BCUT2D eigenvalue weighted by Crippen LogP contribution is 2.26. The molecule has 0 radical (unpaired) electrons. The molecule has 0 saturated carbocycles. The maximum absolute atomic E-state index is 12.1. The van der Waals surface area contributed by atoms with E-state index in [1.165, 1.54) is 6.42 Å². The number of halogens is 1. The maximum Gasteiger partial charge on any atom is 0.252 e. The van der Waals surface area contributed by atoms with Gasteiger partial charge in [-0.05, 0) is 38.3 Å². The van der Waals surface area contributed by atoms with Gasteiger partial charge in [0.05, 0.1) is 16.8 Å². The zero-order chi connectivity index (χ0) is 14.5. The van der Waals surface area contributed by atoms with Gasteiger partial charge < -0.3 is 16.0 Å². The van der Waals surface area contributed by atoms with Gasteiger partial charge in [-0.15, -0.1) is 12.4 Å². The Bertz CT molecular complexity index is 514. The molecule has 6 heteroatoms. The van der Waals surface area contributed by atoms with Crippen molar-refractivity contribution in [2.24, 2.45) is 5.73 Å². The molecule has 1 aliphatic heterocycles. The smallest absolute Gasteiger partial charge is 0.252 e. The maximum atomic E-state index is 12.1. The van der Waals surface area contributed by atoms with Crippen molar-refractivity contribution in [1.29, 1.82) is 0 Å². The number of hydrogen-bond acceptors (Lipinski definition) is 3. The van der Waals surface area contributed by atoms with Gasteiger partial charge in [-0.25, -0.2) is 0 Å². The fraction of sp³-hybridized carbons (Fsp3) is 0.467. The van der Waals surface area contributed by atoms with Crippen molar-refractivity contribution in [3.8, 4) is 0 Å². The molecule has 1 aromatic rings. The van der Waals surface area contributed by atoms with Crippen LogP contribution >= 0.6 is 12.4 Å². The molecule has 3 N–H and O–H groups in total. The second-order valence-corrected chi connectivity index (χ2v) is 4.97. The number of piperidine rings is 1. The summed E-state index contributed by atoms with van der Waals surface area (Å²) in [7, 11) is 0. The summed E-state index contributed by atoms with van der Waals surface area (Å²) in [5, 5.41) is 2.72. The number of carbonyl (C=O) groups is 2. The molecule has 1 saturated heterocycles. The first-order chi connectivity index (χ1) is 9.65. The second kappa shape index (κ2) is 7.88. The molecule has 0 unspecified atom stereocenters. The van der Waals surface area contributed by atoms with Crippen LogP contribution in [0.15, 0.2) is 18.2 Å². The Morgan fingerprint density at radius 1 is 1.24 bits per heavy atom. The average Bonchev–Trinajstić information content (AvgIpc) is 2.47. The van der Waals surface area contributed by atoms with Crippen molar-refractivity contribution >= 4 is 29.9 Å². The predicted octanol–water partition coefficient (Wildman–Crippen LogP) is 1.95. The normalized spacial score (nSPS) is 14.2. The molecule has 5 nitrogen and oxygen atoms in total. The van der Waals surface area contributed by atoms with E-state index in [0.29, 0.717) is 17.7 Å². The highest BCUT2D eigenvalue weighted by Gasteiger charge is 2.22. The zero-order valence-corrected chi connectivity index (χ0v) is 13.0. The lowest BCUT2D eigenvalue weighted by Gasteiger charge is -2.30. The van der Waals surface area contributed by atoms with Gasteiger partial charge in [-0.2, -0.15) is 0 Å². The molecule has 0 aliphatic carbocycles. The summed E-state index contributed by atoms with van der Waals surface area (Å²) < 4.78 is 0. The predicted molar refractivity (Wildman–Crippen MR) is 86.3 cm³/mol. The molecule has 1 aromatic carbocycles. The van der Waals surface area contributed by atoms with E-state index in [4.69, 9.17) is 5.73 Å². The van der Waals surface area contributed by atoms with Gasteiger partial charge in [0.25, 0.3) is 11.8 Å². The molecular formula is C15H22ClN3O2. The first-order valence-electron chi connectivity index (χ1n) is 7.11. The molecule has 0 spiro atoms.